The topological polar surface area (TPSA) is 134 Å². The number of hydrogen-bond acceptors (Lipinski definition) is 7. The summed E-state index contributed by atoms with van der Waals surface area (Å²) in [6.07, 6.45) is -0.0916. The molecule has 3 N–H and O–H groups in total. The van der Waals surface area contributed by atoms with Crippen molar-refractivity contribution in [3.63, 3.8) is 0 Å². The molecule has 1 aromatic rings. The number of nitrogens with one attached hydrogen (secondary N) is 2. The fraction of sp³-hybridized carbons (Fsp3) is 0.600. The van der Waals surface area contributed by atoms with Crippen LogP contribution in [-0.4, -0.2) is 71.3 Å². The molecule has 0 spiro atoms. The van der Waals surface area contributed by atoms with Gasteiger partial charge in [-0.15, -0.1) is 0 Å². The van der Waals surface area contributed by atoms with Crippen LogP contribution in [0.25, 0.3) is 0 Å². The molecule has 3 amide bonds. The van der Waals surface area contributed by atoms with E-state index in [1.54, 1.807) is 53.7 Å². The number of aryl methyl sites for hydroxylation is 1. The molecule has 0 bridgehead atoms. The van der Waals surface area contributed by atoms with Crippen molar-refractivity contribution >= 4 is 23.9 Å². The summed E-state index contributed by atoms with van der Waals surface area (Å²) < 4.78 is 9.82. The Kier molecular flexibility index (Phi) is 10.7. The van der Waals surface area contributed by atoms with E-state index in [0.717, 1.165) is 12.0 Å². The normalized spacial score (nSPS) is 13.3. The van der Waals surface area contributed by atoms with Crippen LogP contribution in [0.4, 0.5) is 4.79 Å². The van der Waals surface area contributed by atoms with E-state index in [2.05, 4.69) is 15.4 Å². The zero-order valence-electron chi connectivity index (χ0n) is 21.9. The molecule has 2 unspecified atom stereocenters. The number of carbonyl (C=O) groups excluding carboxylic acids is 4. The molecule has 10 nitrogen and oxygen atoms in total. The summed E-state index contributed by atoms with van der Waals surface area (Å²) in [6, 6.07) is 4.65. The molecule has 0 radical (unpaired) electrons. The highest BCUT2D eigenvalue weighted by molar-refractivity contribution is 5.93. The lowest BCUT2D eigenvalue weighted by atomic mass is 9.94. The standard InChI is InChI=1S/C25H39N3O7/c1-9-16-10-12-17(13-11-16)20(21(31)26-14-19(30)34-8)28(24(2,3)4)22(32)18(15-29)27-23(33)35-25(5,6)7/h10-13,18,20,29H,9,14-15H2,1-8H3,(H,26,31)(H,27,33). The van der Waals surface area contributed by atoms with Crippen molar-refractivity contribution in [2.24, 2.45) is 0 Å². The summed E-state index contributed by atoms with van der Waals surface area (Å²) in [5.74, 6) is -1.95. The van der Waals surface area contributed by atoms with Gasteiger partial charge < -0.3 is 30.1 Å². The second-order valence-electron chi connectivity index (χ2n) is 10.1. The Labute approximate surface area is 207 Å². The summed E-state index contributed by atoms with van der Waals surface area (Å²) >= 11 is 0. The number of ether oxygens (including phenoxy) is 2. The molecule has 10 heteroatoms. The Balaban J connectivity index is 3.45. The van der Waals surface area contributed by atoms with E-state index in [-0.39, 0.29) is 6.54 Å². The average molecular weight is 494 g/mol. The quantitative estimate of drug-likeness (QED) is 0.449. The summed E-state index contributed by atoms with van der Waals surface area (Å²) in [5.41, 5.74) is -0.192. The van der Waals surface area contributed by atoms with E-state index in [4.69, 9.17) is 4.74 Å². The van der Waals surface area contributed by atoms with Crippen molar-refractivity contribution in [2.45, 2.75) is 78.1 Å². The monoisotopic (exact) mass is 493 g/mol. The van der Waals surface area contributed by atoms with Crippen molar-refractivity contribution in [1.29, 1.82) is 0 Å². The molecular formula is C25H39N3O7. The van der Waals surface area contributed by atoms with Gasteiger partial charge in [0.25, 0.3) is 0 Å². The second-order valence-corrected chi connectivity index (χ2v) is 10.1. The first-order valence-corrected chi connectivity index (χ1v) is 11.5. The number of esters is 1. The minimum atomic E-state index is -1.37. The number of nitrogens with zero attached hydrogens (tertiary/aromatic N) is 1. The van der Waals surface area contributed by atoms with Crippen LogP contribution in [-0.2, 0) is 30.3 Å². The summed E-state index contributed by atoms with van der Waals surface area (Å²) in [6.45, 7) is 11.1. The molecule has 0 saturated carbocycles. The Morgan fingerprint density at radius 2 is 1.60 bits per heavy atom. The molecule has 0 aromatic heterocycles. The number of rotatable bonds is 9. The number of aliphatic hydroxyl groups excluding tert-OH is 1. The highest BCUT2D eigenvalue weighted by atomic mass is 16.6. The number of alkyl carbamates (subject to hydrolysis) is 1. The third kappa shape index (κ3) is 9.20. The molecule has 0 aliphatic carbocycles. The average Bonchev–Trinajstić information content (AvgIpc) is 2.76. The van der Waals surface area contributed by atoms with Gasteiger partial charge in [-0.25, -0.2) is 4.79 Å². The predicted molar refractivity (Wildman–Crippen MR) is 130 cm³/mol. The van der Waals surface area contributed by atoms with Crippen LogP contribution in [0.15, 0.2) is 24.3 Å². The molecule has 0 saturated heterocycles. The lowest BCUT2D eigenvalue weighted by Gasteiger charge is -2.42. The van der Waals surface area contributed by atoms with Crippen LogP contribution < -0.4 is 10.6 Å². The minimum absolute atomic E-state index is 0.384. The van der Waals surface area contributed by atoms with Crippen LogP contribution in [0.1, 0.15) is 65.6 Å². The van der Waals surface area contributed by atoms with Gasteiger partial charge in [0.15, 0.2) is 0 Å². The number of hydrogen-bond donors (Lipinski definition) is 3. The van der Waals surface area contributed by atoms with Crippen LogP contribution in [0.3, 0.4) is 0 Å². The third-order valence-electron chi connectivity index (χ3n) is 4.98. The number of carbonyl (C=O) groups is 4. The van der Waals surface area contributed by atoms with Crippen molar-refractivity contribution in [2.75, 3.05) is 20.3 Å². The summed E-state index contributed by atoms with van der Waals surface area (Å²) in [4.78, 5) is 52.3. The molecule has 0 fully saturated rings. The van der Waals surface area contributed by atoms with Crippen LogP contribution in [0.2, 0.25) is 0 Å². The van der Waals surface area contributed by atoms with Crippen molar-refractivity contribution in [1.82, 2.24) is 15.5 Å². The molecule has 1 aromatic carbocycles. The molecule has 1 rings (SSSR count). The van der Waals surface area contributed by atoms with Crippen molar-refractivity contribution in [3.8, 4) is 0 Å². The van der Waals surface area contributed by atoms with Gasteiger partial charge in [0.1, 0.15) is 24.2 Å². The maximum absolute atomic E-state index is 13.7. The molecule has 0 aliphatic rings. The predicted octanol–water partition coefficient (Wildman–Crippen LogP) is 2.09. The molecule has 2 atom stereocenters. The van der Waals surface area contributed by atoms with Crippen molar-refractivity contribution in [3.05, 3.63) is 35.4 Å². The van der Waals surface area contributed by atoms with Gasteiger partial charge in [-0.3, -0.25) is 14.4 Å². The Morgan fingerprint density at radius 3 is 2.03 bits per heavy atom. The zero-order chi connectivity index (χ0) is 27.0. The highest BCUT2D eigenvalue weighted by Crippen LogP contribution is 2.30. The Bertz CT molecular complexity index is 886. The Hall–Kier alpha value is -3.14. The zero-order valence-corrected chi connectivity index (χ0v) is 21.9. The van der Waals surface area contributed by atoms with E-state index in [1.807, 2.05) is 19.1 Å². The van der Waals surface area contributed by atoms with E-state index < -0.39 is 53.7 Å². The lowest BCUT2D eigenvalue weighted by Crippen LogP contribution is -2.59. The first-order valence-electron chi connectivity index (χ1n) is 11.5. The first-order chi connectivity index (χ1) is 16.1. The summed E-state index contributed by atoms with van der Waals surface area (Å²) in [7, 11) is 1.20. The van der Waals surface area contributed by atoms with Gasteiger partial charge in [-0.1, -0.05) is 31.2 Å². The van der Waals surface area contributed by atoms with E-state index in [0.29, 0.717) is 5.56 Å². The first kappa shape index (κ1) is 29.9. The SMILES string of the molecule is CCc1ccc(C(C(=O)NCC(=O)OC)N(C(=O)C(CO)NC(=O)OC(C)(C)C)C(C)(C)C)cc1. The molecule has 0 heterocycles. The number of methoxy groups -OCH3 is 1. The second kappa shape index (κ2) is 12.5. The van der Waals surface area contributed by atoms with Gasteiger partial charge in [0.05, 0.1) is 13.7 Å². The van der Waals surface area contributed by atoms with Crippen LogP contribution >= 0.6 is 0 Å². The van der Waals surface area contributed by atoms with Gasteiger partial charge in [0.2, 0.25) is 11.8 Å². The number of benzene rings is 1. The molecule has 0 aliphatic heterocycles. The van der Waals surface area contributed by atoms with Gasteiger partial charge in [-0.2, -0.15) is 0 Å². The van der Waals surface area contributed by atoms with Crippen molar-refractivity contribution < 1.29 is 33.8 Å². The number of aliphatic hydroxyl groups is 1. The van der Waals surface area contributed by atoms with Gasteiger partial charge in [-0.05, 0) is 59.1 Å². The third-order valence-corrected chi connectivity index (χ3v) is 4.98. The number of amides is 3. The van der Waals surface area contributed by atoms with E-state index in [9.17, 15) is 24.3 Å². The van der Waals surface area contributed by atoms with Gasteiger partial charge >= 0.3 is 12.1 Å². The minimum Gasteiger partial charge on any atom is -0.468 e. The molecular weight excluding hydrogens is 454 g/mol. The Morgan fingerprint density at radius 1 is 1.03 bits per heavy atom. The molecule has 196 valence electrons. The smallest absolute Gasteiger partial charge is 0.408 e. The van der Waals surface area contributed by atoms with Crippen LogP contribution in [0, 0.1) is 0 Å². The fourth-order valence-corrected chi connectivity index (χ4v) is 3.33. The maximum Gasteiger partial charge on any atom is 0.408 e. The molecule has 35 heavy (non-hydrogen) atoms. The van der Waals surface area contributed by atoms with E-state index >= 15 is 0 Å². The van der Waals surface area contributed by atoms with Gasteiger partial charge in [0, 0.05) is 5.54 Å². The fourth-order valence-electron chi connectivity index (χ4n) is 3.33. The van der Waals surface area contributed by atoms with Crippen LogP contribution in [0.5, 0.6) is 0 Å². The largest absolute Gasteiger partial charge is 0.468 e. The summed E-state index contributed by atoms with van der Waals surface area (Å²) in [5, 5.41) is 14.9. The highest BCUT2D eigenvalue weighted by Gasteiger charge is 2.41. The lowest BCUT2D eigenvalue weighted by molar-refractivity contribution is -0.150. The maximum atomic E-state index is 13.7. The van der Waals surface area contributed by atoms with E-state index in [1.165, 1.54) is 12.0 Å².